The summed E-state index contributed by atoms with van der Waals surface area (Å²) < 4.78 is 0. The van der Waals surface area contributed by atoms with E-state index in [0.29, 0.717) is 11.6 Å². The standard InChI is InChI=1S/C11H19N5O.ClH/c1-3-7(2)10(13)11(17)15-6-9-14-5-4-8(12)16-9;/h4-5,7,10H,3,6,13H2,1-2H3,(H,15,17)(H2,12,14,16);1H. The SMILES string of the molecule is CCC(C)C(N)C(=O)NCc1nccc(N)n1.Cl. The van der Waals surface area contributed by atoms with E-state index >= 15 is 0 Å². The van der Waals surface area contributed by atoms with Crippen LogP contribution in [0.3, 0.4) is 0 Å². The number of hydrogen-bond donors (Lipinski definition) is 3. The number of carbonyl (C=O) groups excluding carboxylic acids is 1. The molecule has 0 aromatic carbocycles. The zero-order valence-corrected chi connectivity index (χ0v) is 11.4. The van der Waals surface area contributed by atoms with Crippen molar-refractivity contribution in [3.8, 4) is 0 Å². The van der Waals surface area contributed by atoms with Crippen LogP contribution in [0.5, 0.6) is 0 Å². The molecule has 0 aliphatic carbocycles. The van der Waals surface area contributed by atoms with E-state index in [1.807, 2.05) is 13.8 Å². The lowest BCUT2D eigenvalue weighted by molar-refractivity contribution is -0.123. The van der Waals surface area contributed by atoms with Gasteiger partial charge in [0, 0.05) is 6.20 Å². The summed E-state index contributed by atoms with van der Waals surface area (Å²) in [5.41, 5.74) is 11.3. The molecule has 0 saturated heterocycles. The molecule has 0 fully saturated rings. The van der Waals surface area contributed by atoms with Crippen molar-refractivity contribution in [2.75, 3.05) is 5.73 Å². The lowest BCUT2D eigenvalue weighted by Crippen LogP contribution is -2.44. The summed E-state index contributed by atoms with van der Waals surface area (Å²) in [6.07, 6.45) is 2.42. The summed E-state index contributed by atoms with van der Waals surface area (Å²) in [6, 6.07) is 1.09. The average molecular weight is 274 g/mol. The molecule has 0 bridgehead atoms. The predicted octanol–water partition coefficient (Wildman–Crippen LogP) is 0.470. The third-order valence-corrected chi connectivity index (χ3v) is 2.71. The van der Waals surface area contributed by atoms with E-state index < -0.39 is 6.04 Å². The molecule has 1 heterocycles. The Morgan fingerprint density at radius 3 is 2.78 bits per heavy atom. The van der Waals surface area contributed by atoms with E-state index in [1.54, 1.807) is 12.3 Å². The summed E-state index contributed by atoms with van der Waals surface area (Å²) >= 11 is 0. The van der Waals surface area contributed by atoms with Gasteiger partial charge in [0.25, 0.3) is 0 Å². The summed E-state index contributed by atoms with van der Waals surface area (Å²) in [7, 11) is 0. The molecule has 6 nitrogen and oxygen atoms in total. The molecule has 1 rings (SSSR count). The van der Waals surface area contributed by atoms with Crippen LogP contribution in [0.25, 0.3) is 0 Å². The van der Waals surface area contributed by atoms with Gasteiger partial charge in [-0.15, -0.1) is 12.4 Å². The molecular formula is C11H20ClN5O. The summed E-state index contributed by atoms with van der Waals surface area (Å²) in [6.45, 7) is 4.19. The maximum atomic E-state index is 11.7. The van der Waals surface area contributed by atoms with Crippen molar-refractivity contribution in [2.45, 2.75) is 32.9 Å². The molecule has 0 saturated carbocycles. The summed E-state index contributed by atoms with van der Waals surface area (Å²) in [5.74, 6) is 0.826. The van der Waals surface area contributed by atoms with E-state index in [-0.39, 0.29) is 30.8 Å². The van der Waals surface area contributed by atoms with Crippen LogP contribution in [0.4, 0.5) is 5.82 Å². The molecule has 18 heavy (non-hydrogen) atoms. The monoisotopic (exact) mass is 273 g/mol. The zero-order chi connectivity index (χ0) is 12.8. The maximum absolute atomic E-state index is 11.7. The first-order chi connectivity index (χ1) is 8.04. The molecule has 102 valence electrons. The molecule has 5 N–H and O–H groups in total. The van der Waals surface area contributed by atoms with Gasteiger partial charge in [-0.3, -0.25) is 4.79 Å². The van der Waals surface area contributed by atoms with E-state index in [4.69, 9.17) is 11.5 Å². The van der Waals surface area contributed by atoms with Crippen molar-refractivity contribution in [2.24, 2.45) is 11.7 Å². The molecule has 1 aromatic heterocycles. The number of nitrogens with one attached hydrogen (secondary N) is 1. The van der Waals surface area contributed by atoms with Gasteiger partial charge in [-0.2, -0.15) is 0 Å². The highest BCUT2D eigenvalue weighted by Crippen LogP contribution is 2.05. The third kappa shape index (κ3) is 4.85. The first-order valence-corrected chi connectivity index (χ1v) is 5.65. The second kappa shape index (κ2) is 7.84. The van der Waals surface area contributed by atoms with Gasteiger partial charge >= 0.3 is 0 Å². The number of carbonyl (C=O) groups is 1. The number of nitrogens with zero attached hydrogens (tertiary/aromatic N) is 2. The number of nitrogen functional groups attached to an aromatic ring is 1. The number of anilines is 1. The second-order valence-corrected chi connectivity index (χ2v) is 4.03. The highest BCUT2D eigenvalue weighted by Gasteiger charge is 2.19. The van der Waals surface area contributed by atoms with Crippen LogP contribution in [0.15, 0.2) is 12.3 Å². The van der Waals surface area contributed by atoms with Crippen molar-refractivity contribution in [3.63, 3.8) is 0 Å². The molecular weight excluding hydrogens is 254 g/mol. The fourth-order valence-electron chi connectivity index (χ4n) is 1.30. The van der Waals surface area contributed by atoms with E-state index in [2.05, 4.69) is 15.3 Å². The van der Waals surface area contributed by atoms with Crippen LogP contribution in [-0.4, -0.2) is 21.9 Å². The molecule has 1 amide bonds. The topological polar surface area (TPSA) is 107 Å². The lowest BCUT2D eigenvalue weighted by atomic mass is 9.99. The minimum absolute atomic E-state index is 0. The molecule has 0 spiro atoms. The number of nitrogens with two attached hydrogens (primary N) is 2. The number of amides is 1. The Morgan fingerprint density at radius 1 is 1.56 bits per heavy atom. The smallest absolute Gasteiger partial charge is 0.237 e. The van der Waals surface area contributed by atoms with Gasteiger partial charge in [0.15, 0.2) is 0 Å². The summed E-state index contributed by atoms with van der Waals surface area (Å²) in [4.78, 5) is 19.6. The van der Waals surface area contributed by atoms with E-state index in [9.17, 15) is 4.79 Å². The normalized spacial score (nSPS) is 13.3. The Balaban J connectivity index is 0.00000289. The Kier molecular flexibility index (Phi) is 7.23. The zero-order valence-electron chi connectivity index (χ0n) is 10.6. The average Bonchev–Trinajstić information content (AvgIpc) is 2.34. The van der Waals surface area contributed by atoms with Gasteiger partial charge in [-0.25, -0.2) is 9.97 Å². The molecule has 7 heteroatoms. The minimum atomic E-state index is -0.499. The third-order valence-electron chi connectivity index (χ3n) is 2.71. The van der Waals surface area contributed by atoms with Crippen LogP contribution < -0.4 is 16.8 Å². The van der Waals surface area contributed by atoms with E-state index in [1.165, 1.54) is 0 Å². The van der Waals surface area contributed by atoms with Crippen LogP contribution in [0.2, 0.25) is 0 Å². The Bertz CT molecular complexity index is 387. The lowest BCUT2D eigenvalue weighted by Gasteiger charge is -2.17. The van der Waals surface area contributed by atoms with Gasteiger partial charge in [0.2, 0.25) is 5.91 Å². The highest BCUT2D eigenvalue weighted by molar-refractivity contribution is 5.85. The predicted molar refractivity (Wildman–Crippen MR) is 73.0 cm³/mol. The van der Waals surface area contributed by atoms with Gasteiger partial charge in [-0.05, 0) is 12.0 Å². The Hall–Kier alpha value is -1.40. The van der Waals surface area contributed by atoms with Crippen LogP contribution in [0.1, 0.15) is 26.1 Å². The van der Waals surface area contributed by atoms with Crippen molar-refractivity contribution in [1.82, 2.24) is 15.3 Å². The fourth-order valence-corrected chi connectivity index (χ4v) is 1.30. The number of hydrogen-bond acceptors (Lipinski definition) is 5. The number of aromatic nitrogens is 2. The Labute approximate surface area is 113 Å². The van der Waals surface area contributed by atoms with Crippen LogP contribution in [-0.2, 0) is 11.3 Å². The van der Waals surface area contributed by atoms with Crippen molar-refractivity contribution < 1.29 is 4.79 Å². The molecule has 0 aliphatic rings. The first-order valence-electron chi connectivity index (χ1n) is 5.65. The van der Waals surface area contributed by atoms with E-state index in [0.717, 1.165) is 6.42 Å². The largest absolute Gasteiger partial charge is 0.384 e. The van der Waals surface area contributed by atoms with Gasteiger partial charge in [0.1, 0.15) is 11.6 Å². The van der Waals surface area contributed by atoms with Crippen LogP contribution in [0, 0.1) is 5.92 Å². The molecule has 0 radical (unpaired) electrons. The first kappa shape index (κ1) is 16.6. The molecule has 2 unspecified atom stereocenters. The minimum Gasteiger partial charge on any atom is -0.384 e. The Morgan fingerprint density at radius 2 is 2.22 bits per heavy atom. The quantitative estimate of drug-likeness (QED) is 0.723. The van der Waals surface area contributed by atoms with Crippen molar-refractivity contribution in [3.05, 3.63) is 18.1 Å². The molecule has 0 aliphatic heterocycles. The summed E-state index contributed by atoms with van der Waals surface area (Å²) in [5, 5.41) is 2.70. The van der Waals surface area contributed by atoms with Gasteiger partial charge in [0.05, 0.1) is 12.6 Å². The second-order valence-electron chi connectivity index (χ2n) is 4.03. The fraction of sp³-hybridized carbons (Fsp3) is 0.545. The van der Waals surface area contributed by atoms with Gasteiger partial charge in [-0.1, -0.05) is 20.3 Å². The highest BCUT2D eigenvalue weighted by atomic mass is 35.5. The maximum Gasteiger partial charge on any atom is 0.237 e. The van der Waals surface area contributed by atoms with Crippen molar-refractivity contribution >= 4 is 24.1 Å². The van der Waals surface area contributed by atoms with Gasteiger partial charge < -0.3 is 16.8 Å². The number of halogens is 1. The van der Waals surface area contributed by atoms with Crippen molar-refractivity contribution in [1.29, 1.82) is 0 Å². The molecule has 2 atom stereocenters. The van der Waals surface area contributed by atoms with Crippen LogP contribution >= 0.6 is 12.4 Å². The number of rotatable bonds is 5. The molecule has 1 aromatic rings.